The topological polar surface area (TPSA) is 56.7 Å². The van der Waals surface area contributed by atoms with Crippen molar-refractivity contribution in [2.45, 2.75) is 19.3 Å². The van der Waals surface area contributed by atoms with E-state index in [9.17, 15) is 0 Å². The zero-order valence-electron chi connectivity index (χ0n) is 29.2. The lowest BCUT2D eigenvalue weighted by molar-refractivity contribution is 0.630. The van der Waals surface area contributed by atoms with E-state index in [1.807, 2.05) is 66.7 Å². The van der Waals surface area contributed by atoms with Gasteiger partial charge in [0.15, 0.2) is 17.5 Å². The van der Waals surface area contributed by atoms with Crippen LogP contribution in [0.2, 0.25) is 0 Å². The van der Waals surface area contributed by atoms with Crippen molar-refractivity contribution in [2.75, 3.05) is 0 Å². The van der Waals surface area contributed by atoms with E-state index < -0.39 is 0 Å². The van der Waals surface area contributed by atoms with E-state index in [4.69, 9.17) is 19.4 Å². The van der Waals surface area contributed by atoms with E-state index in [0.29, 0.717) is 17.5 Å². The molecule has 0 radical (unpaired) electrons. The van der Waals surface area contributed by atoms with Gasteiger partial charge in [-0.1, -0.05) is 141 Å². The fourth-order valence-corrected chi connectivity index (χ4v) is 8.47. The van der Waals surface area contributed by atoms with Crippen molar-refractivity contribution in [1.29, 1.82) is 0 Å². The third-order valence-electron chi connectivity index (χ3n) is 11.0. The van der Waals surface area contributed by atoms with Gasteiger partial charge in [-0.15, -0.1) is 0 Å². The van der Waals surface area contributed by atoms with Crippen molar-refractivity contribution in [2.24, 2.45) is 0 Å². The van der Waals surface area contributed by atoms with Crippen LogP contribution in [0.5, 0.6) is 0 Å². The summed E-state index contributed by atoms with van der Waals surface area (Å²) in [5.41, 5.74) is 12.6. The third-order valence-corrected chi connectivity index (χ3v) is 11.0. The first-order valence-electron chi connectivity index (χ1n) is 18.0. The highest BCUT2D eigenvalue weighted by molar-refractivity contribution is 6.16. The Morgan fingerprint density at radius 3 is 1.74 bits per heavy atom. The van der Waals surface area contributed by atoms with Gasteiger partial charge < -0.3 is 8.98 Å². The van der Waals surface area contributed by atoms with Crippen molar-refractivity contribution in [3.8, 4) is 51.0 Å². The van der Waals surface area contributed by atoms with Crippen LogP contribution in [0.15, 0.2) is 162 Å². The Bertz CT molecular complexity index is 3020. The predicted molar refractivity (Wildman–Crippen MR) is 215 cm³/mol. The lowest BCUT2D eigenvalue weighted by atomic mass is 9.74. The molecule has 7 aromatic carbocycles. The number of hydrogen-bond acceptors (Lipinski definition) is 4. The molecule has 5 heteroatoms. The molecule has 1 aliphatic rings. The normalized spacial score (nSPS) is 13.2. The first-order chi connectivity index (χ1) is 26.0. The summed E-state index contributed by atoms with van der Waals surface area (Å²) in [6.07, 6.45) is 0. The van der Waals surface area contributed by atoms with E-state index in [1.165, 1.54) is 38.6 Å². The number of hydrogen-bond donors (Lipinski definition) is 0. The lowest BCUT2D eigenvalue weighted by Crippen LogP contribution is -2.26. The highest BCUT2D eigenvalue weighted by Crippen LogP contribution is 2.50. The summed E-state index contributed by atoms with van der Waals surface area (Å²) in [7, 11) is 0. The molecule has 0 saturated carbocycles. The molecule has 0 aliphatic carbocycles. The molecule has 0 N–H and O–H groups in total. The SMILES string of the molecule is CC1(C)c2ccccc2-n2c3ccccc3c3cc(-c4cccc5c4oc4c(-c6nc(-c7ccccc7)nc(-c7ccccc7)n6)cccc45)cc1c32. The maximum absolute atomic E-state index is 7.01. The van der Waals surface area contributed by atoms with Crippen LogP contribution >= 0.6 is 0 Å². The Morgan fingerprint density at radius 2 is 1.02 bits per heavy atom. The van der Waals surface area contributed by atoms with Crippen LogP contribution in [0.4, 0.5) is 0 Å². The summed E-state index contributed by atoms with van der Waals surface area (Å²) in [4.78, 5) is 15.0. The quantitative estimate of drug-likeness (QED) is 0.186. The van der Waals surface area contributed by atoms with Crippen LogP contribution in [0.25, 0.3) is 94.7 Å². The Balaban J connectivity index is 1.16. The van der Waals surface area contributed by atoms with Crippen LogP contribution in [0.3, 0.4) is 0 Å². The van der Waals surface area contributed by atoms with Gasteiger partial charge in [-0.25, -0.2) is 15.0 Å². The number of fused-ring (bicyclic) bond motifs is 8. The maximum Gasteiger partial charge on any atom is 0.167 e. The molecule has 1 aliphatic heterocycles. The second-order valence-electron chi connectivity index (χ2n) is 14.4. The Morgan fingerprint density at radius 1 is 0.453 bits per heavy atom. The number of furan rings is 1. The van der Waals surface area contributed by atoms with Crippen molar-refractivity contribution in [3.63, 3.8) is 0 Å². The molecule has 11 rings (SSSR count). The van der Waals surface area contributed by atoms with Crippen LogP contribution in [0.1, 0.15) is 25.0 Å². The van der Waals surface area contributed by atoms with E-state index in [-0.39, 0.29) is 5.41 Å². The second kappa shape index (κ2) is 11.1. The fourth-order valence-electron chi connectivity index (χ4n) is 8.47. The molecule has 0 fully saturated rings. The second-order valence-corrected chi connectivity index (χ2v) is 14.4. The summed E-state index contributed by atoms with van der Waals surface area (Å²) >= 11 is 0. The number of nitrogens with zero attached hydrogens (tertiary/aromatic N) is 4. The summed E-state index contributed by atoms with van der Waals surface area (Å²) in [6.45, 7) is 4.70. The minimum Gasteiger partial charge on any atom is -0.455 e. The molecular weight excluding hydrogens is 649 g/mol. The lowest BCUT2D eigenvalue weighted by Gasteiger charge is -2.35. The molecule has 10 aromatic rings. The molecule has 4 heterocycles. The standard InChI is InChI=1S/C48H32N4O/c1-48(2)38-24-10-12-26-41(38)52-40-25-11-9-19-33(40)37-27-31(28-39(48)42(37)52)32-20-13-21-34-35-22-14-23-36(44(35)53-43(32)34)47-50-45(29-15-5-3-6-16-29)49-46(51-47)30-17-7-4-8-18-30/h3-28H,1-2H3. The predicted octanol–water partition coefficient (Wildman–Crippen LogP) is 12.2. The number of benzene rings is 7. The number of rotatable bonds is 4. The molecule has 0 spiro atoms. The van der Waals surface area contributed by atoms with Crippen LogP contribution in [-0.2, 0) is 5.41 Å². The highest BCUT2D eigenvalue weighted by atomic mass is 16.3. The Labute approximate surface area is 305 Å². The highest BCUT2D eigenvalue weighted by Gasteiger charge is 2.35. The van der Waals surface area contributed by atoms with Crippen molar-refractivity contribution in [3.05, 3.63) is 169 Å². The largest absolute Gasteiger partial charge is 0.455 e. The van der Waals surface area contributed by atoms with E-state index in [2.05, 4.69) is 109 Å². The monoisotopic (exact) mass is 680 g/mol. The van der Waals surface area contributed by atoms with Gasteiger partial charge in [0.25, 0.3) is 0 Å². The zero-order valence-corrected chi connectivity index (χ0v) is 29.2. The van der Waals surface area contributed by atoms with Crippen molar-refractivity contribution < 1.29 is 4.42 Å². The fraction of sp³-hybridized carbons (Fsp3) is 0.0625. The van der Waals surface area contributed by atoms with E-state index in [0.717, 1.165) is 49.8 Å². The Hall–Kier alpha value is -6.85. The number of para-hydroxylation sites is 4. The molecule has 250 valence electrons. The summed E-state index contributed by atoms with van der Waals surface area (Å²) in [6, 6.07) is 55.2. The molecular formula is C48H32N4O. The molecule has 0 atom stereocenters. The summed E-state index contributed by atoms with van der Waals surface area (Å²) in [5.74, 6) is 1.81. The van der Waals surface area contributed by atoms with Crippen molar-refractivity contribution >= 4 is 43.7 Å². The number of aromatic nitrogens is 4. The van der Waals surface area contributed by atoms with Crippen molar-refractivity contribution in [1.82, 2.24) is 19.5 Å². The van der Waals surface area contributed by atoms with Gasteiger partial charge in [-0.05, 0) is 47.0 Å². The average molecular weight is 681 g/mol. The van der Waals surface area contributed by atoms with Gasteiger partial charge in [-0.2, -0.15) is 0 Å². The van der Waals surface area contributed by atoms with Gasteiger partial charge in [0.1, 0.15) is 11.2 Å². The minimum absolute atomic E-state index is 0.213. The summed E-state index contributed by atoms with van der Waals surface area (Å²) in [5, 5.41) is 4.57. The molecule has 3 aromatic heterocycles. The molecule has 0 bridgehead atoms. The maximum atomic E-state index is 7.01. The average Bonchev–Trinajstić information content (AvgIpc) is 3.77. The van der Waals surface area contributed by atoms with Crippen LogP contribution < -0.4 is 0 Å². The third kappa shape index (κ3) is 4.34. The molecule has 0 unspecified atom stereocenters. The summed E-state index contributed by atoms with van der Waals surface area (Å²) < 4.78 is 9.47. The molecule has 0 amide bonds. The molecule has 5 nitrogen and oxygen atoms in total. The van der Waals surface area contributed by atoms with Gasteiger partial charge in [0.2, 0.25) is 0 Å². The van der Waals surface area contributed by atoms with E-state index in [1.54, 1.807) is 0 Å². The zero-order chi connectivity index (χ0) is 35.3. The smallest absolute Gasteiger partial charge is 0.167 e. The first kappa shape index (κ1) is 29.8. The van der Waals surface area contributed by atoms with Gasteiger partial charge in [-0.3, -0.25) is 0 Å². The first-order valence-corrected chi connectivity index (χ1v) is 18.0. The molecule has 0 saturated heterocycles. The van der Waals surface area contributed by atoms with Crippen LogP contribution in [-0.4, -0.2) is 19.5 Å². The van der Waals surface area contributed by atoms with Gasteiger partial charge in [0, 0.05) is 43.7 Å². The van der Waals surface area contributed by atoms with Gasteiger partial charge in [0.05, 0.1) is 22.3 Å². The molecule has 53 heavy (non-hydrogen) atoms. The van der Waals surface area contributed by atoms with E-state index >= 15 is 0 Å². The Kier molecular flexibility index (Phi) is 6.23. The van der Waals surface area contributed by atoms with Gasteiger partial charge >= 0.3 is 0 Å². The minimum atomic E-state index is -0.213. The van der Waals surface area contributed by atoms with Crippen LogP contribution in [0, 0.1) is 0 Å².